The summed E-state index contributed by atoms with van der Waals surface area (Å²) < 4.78 is 1.89. The van der Waals surface area contributed by atoms with Crippen LogP contribution in [0.1, 0.15) is 59.8 Å². The second-order valence-corrected chi connectivity index (χ2v) is 8.19. The molecule has 0 spiro atoms. The molecule has 2 amide bonds. The summed E-state index contributed by atoms with van der Waals surface area (Å²) in [6, 6.07) is 0.992. The number of urea groups is 1. The van der Waals surface area contributed by atoms with Gasteiger partial charge in [0.15, 0.2) is 5.65 Å². The summed E-state index contributed by atoms with van der Waals surface area (Å²) in [5.74, 6) is 0.508. The molecule has 3 rings (SSSR count). The van der Waals surface area contributed by atoms with E-state index in [1.807, 2.05) is 4.68 Å². The van der Waals surface area contributed by atoms with Crippen molar-refractivity contribution in [2.75, 3.05) is 11.9 Å². The van der Waals surface area contributed by atoms with Crippen LogP contribution in [0.4, 0.5) is 10.6 Å². The number of amides is 2. The van der Waals surface area contributed by atoms with Gasteiger partial charge in [0.25, 0.3) is 0 Å². The van der Waals surface area contributed by atoms with Gasteiger partial charge in [0.1, 0.15) is 12.1 Å². The van der Waals surface area contributed by atoms with E-state index in [0.717, 1.165) is 37.0 Å². The largest absolute Gasteiger partial charge is 0.335 e. The molecule has 0 aromatic carbocycles. The summed E-state index contributed by atoms with van der Waals surface area (Å²) in [7, 11) is 0. The minimum atomic E-state index is -0.203. The number of carbonyl (C=O) groups excluding carboxylic acids is 1. The number of anilines is 1. The molecule has 0 unspecified atom stereocenters. The Hall–Kier alpha value is -2.22. The first kappa shape index (κ1) is 20.5. The molecule has 1 aliphatic rings. The van der Waals surface area contributed by atoms with E-state index in [1.165, 1.54) is 25.6 Å². The van der Waals surface area contributed by atoms with Gasteiger partial charge in [-0.15, -0.1) is 0 Å². The predicted octanol–water partition coefficient (Wildman–Crippen LogP) is 3.40. The number of nitrogens with one attached hydrogen (secondary N) is 2. The number of rotatable bonds is 7. The fourth-order valence-corrected chi connectivity index (χ4v) is 4.06. The molecule has 1 fully saturated rings. The number of fused-ring (bicyclic) bond motifs is 1. The predicted molar refractivity (Wildman–Crippen MR) is 111 cm³/mol. The lowest BCUT2D eigenvalue weighted by molar-refractivity contribution is 0.167. The molecule has 8 heteroatoms. The maximum Gasteiger partial charge on any atom is 0.320 e. The van der Waals surface area contributed by atoms with Gasteiger partial charge in [-0.1, -0.05) is 19.3 Å². The molecule has 2 N–H and O–H groups in total. The maximum atomic E-state index is 12.4. The molecule has 1 saturated carbocycles. The van der Waals surface area contributed by atoms with E-state index in [-0.39, 0.29) is 12.1 Å². The lowest BCUT2D eigenvalue weighted by Gasteiger charge is -2.30. The average molecular weight is 388 g/mol. The van der Waals surface area contributed by atoms with E-state index in [0.29, 0.717) is 17.9 Å². The van der Waals surface area contributed by atoms with Crippen molar-refractivity contribution in [1.29, 1.82) is 0 Å². The number of aromatic nitrogens is 4. The topological polar surface area (TPSA) is 88.0 Å². The Bertz CT molecular complexity index is 772. The summed E-state index contributed by atoms with van der Waals surface area (Å²) in [5, 5.41) is 11.2. The van der Waals surface area contributed by atoms with Crippen LogP contribution >= 0.6 is 0 Å². The van der Waals surface area contributed by atoms with E-state index in [9.17, 15) is 4.79 Å². The first-order chi connectivity index (χ1) is 13.5. The molecule has 0 aliphatic heterocycles. The highest BCUT2D eigenvalue weighted by Gasteiger charge is 2.18. The lowest BCUT2D eigenvalue weighted by atomic mass is 9.96. The Kier molecular flexibility index (Phi) is 6.83. The fourth-order valence-electron chi connectivity index (χ4n) is 4.06. The summed E-state index contributed by atoms with van der Waals surface area (Å²) in [6.45, 7) is 10.4. The Balaban J connectivity index is 1.67. The number of nitrogens with zero attached hydrogens (tertiary/aromatic N) is 5. The molecule has 0 atom stereocenters. The highest BCUT2D eigenvalue weighted by Crippen LogP contribution is 2.20. The van der Waals surface area contributed by atoms with Gasteiger partial charge in [-0.2, -0.15) is 5.10 Å². The van der Waals surface area contributed by atoms with Crippen molar-refractivity contribution in [1.82, 2.24) is 30.0 Å². The van der Waals surface area contributed by atoms with Gasteiger partial charge in [0.05, 0.1) is 18.1 Å². The van der Waals surface area contributed by atoms with Crippen LogP contribution in [-0.2, 0) is 6.54 Å². The van der Waals surface area contributed by atoms with Crippen molar-refractivity contribution in [2.45, 2.75) is 84.5 Å². The van der Waals surface area contributed by atoms with Crippen LogP contribution in [0.5, 0.6) is 0 Å². The lowest BCUT2D eigenvalue weighted by Crippen LogP contribution is -2.39. The molecule has 8 nitrogen and oxygen atoms in total. The molecule has 0 saturated heterocycles. The van der Waals surface area contributed by atoms with Crippen molar-refractivity contribution in [3.63, 3.8) is 0 Å². The van der Waals surface area contributed by atoms with Gasteiger partial charge in [-0.3, -0.25) is 10.2 Å². The zero-order valence-corrected chi connectivity index (χ0v) is 17.5. The van der Waals surface area contributed by atoms with E-state index in [2.05, 4.69) is 58.3 Å². The Labute approximate surface area is 167 Å². The molecule has 1 aliphatic carbocycles. The summed E-state index contributed by atoms with van der Waals surface area (Å²) in [5.41, 5.74) is 0.746. The van der Waals surface area contributed by atoms with Crippen molar-refractivity contribution >= 4 is 22.9 Å². The summed E-state index contributed by atoms with van der Waals surface area (Å²) in [4.78, 5) is 23.5. The molecule has 2 aromatic heterocycles. The van der Waals surface area contributed by atoms with E-state index < -0.39 is 0 Å². The van der Waals surface area contributed by atoms with Crippen LogP contribution in [-0.4, -0.2) is 55.3 Å². The third-order valence-corrected chi connectivity index (χ3v) is 5.50. The maximum absolute atomic E-state index is 12.4. The quantitative estimate of drug-likeness (QED) is 0.760. The first-order valence-corrected chi connectivity index (χ1v) is 10.5. The van der Waals surface area contributed by atoms with Gasteiger partial charge in [-0.05, 0) is 40.5 Å². The minimum absolute atomic E-state index is 0.203. The van der Waals surface area contributed by atoms with Crippen LogP contribution in [0.2, 0.25) is 0 Å². The molecule has 2 heterocycles. The van der Waals surface area contributed by atoms with E-state index >= 15 is 0 Å². The zero-order chi connectivity index (χ0) is 20.1. The van der Waals surface area contributed by atoms with Gasteiger partial charge < -0.3 is 5.32 Å². The SMILES string of the molecule is CC(C)N(CCn1ncc2c(NC(=O)NC3CCCCC3)ncnc21)C(C)C. The van der Waals surface area contributed by atoms with Crippen molar-refractivity contribution < 1.29 is 4.79 Å². The number of carbonyl (C=O) groups is 1. The molecule has 28 heavy (non-hydrogen) atoms. The van der Waals surface area contributed by atoms with Gasteiger partial charge >= 0.3 is 6.03 Å². The van der Waals surface area contributed by atoms with Crippen LogP contribution in [0.3, 0.4) is 0 Å². The molecule has 0 bridgehead atoms. The van der Waals surface area contributed by atoms with E-state index in [1.54, 1.807) is 6.20 Å². The van der Waals surface area contributed by atoms with Crippen LogP contribution in [0.15, 0.2) is 12.5 Å². The van der Waals surface area contributed by atoms with Crippen LogP contribution < -0.4 is 10.6 Å². The van der Waals surface area contributed by atoms with Gasteiger partial charge in [-0.25, -0.2) is 19.4 Å². The first-order valence-electron chi connectivity index (χ1n) is 10.5. The molecular formula is C20H33N7O. The standard InChI is InChI=1S/C20H33N7O/c1-14(2)26(15(3)4)10-11-27-19-17(12-23-27)18(21-13-22-19)25-20(28)24-16-8-6-5-7-9-16/h12-16H,5-11H2,1-4H3,(H2,21,22,24,25,28). The van der Waals surface area contributed by atoms with Crippen LogP contribution in [0, 0.1) is 0 Å². The van der Waals surface area contributed by atoms with Crippen molar-refractivity contribution in [3.05, 3.63) is 12.5 Å². The molecule has 154 valence electrons. The van der Waals surface area contributed by atoms with E-state index in [4.69, 9.17) is 0 Å². The number of hydrogen-bond acceptors (Lipinski definition) is 5. The van der Waals surface area contributed by atoms with Crippen molar-refractivity contribution in [3.8, 4) is 0 Å². The Morgan fingerprint density at radius 3 is 2.57 bits per heavy atom. The van der Waals surface area contributed by atoms with Gasteiger partial charge in [0.2, 0.25) is 0 Å². The molecule has 0 radical (unpaired) electrons. The highest BCUT2D eigenvalue weighted by molar-refractivity contribution is 5.97. The summed E-state index contributed by atoms with van der Waals surface area (Å²) in [6.07, 6.45) is 8.94. The fraction of sp³-hybridized carbons (Fsp3) is 0.700. The second kappa shape index (κ2) is 9.32. The second-order valence-electron chi connectivity index (χ2n) is 8.19. The monoisotopic (exact) mass is 387 g/mol. The highest BCUT2D eigenvalue weighted by atomic mass is 16.2. The zero-order valence-electron chi connectivity index (χ0n) is 17.5. The minimum Gasteiger partial charge on any atom is -0.335 e. The Morgan fingerprint density at radius 1 is 1.18 bits per heavy atom. The average Bonchev–Trinajstić information content (AvgIpc) is 3.06. The van der Waals surface area contributed by atoms with Gasteiger partial charge in [0, 0.05) is 24.7 Å². The smallest absolute Gasteiger partial charge is 0.320 e. The third kappa shape index (κ3) is 4.98. The molecular weight excluding hydrogens is 354 g/mol. The Morgan fingerprint density at radius 2 is 1.89 bits per heavy atom. The van der Waals surface area contributed by atoms with Crippen molar-refractivity contribution in [2.24, 2.45) is 0 Å². The third-order valence-electron chi connectivity index (χ3n) is 5.50. The molecule has 2 aromatic rings. The van der Waals surface area contributed by atoms with Crippen LogP contribution in [0.25, 0.3) is 11.0 Å². The summed E-state index contributed by atoms with van der Waals surface area (Å²) >= 11 is 0. The normalized spacial score (nSPS) is 15.7. The number of hydrogen-bond donors (Lipinski definition) is 2.